The number of alkyl halides is 3. The van der Waals surface area contributed by atoms with E-state index >= 15 is 13.2 Å². The van der Waals surface area contributed by atoms with Gasteiger partial charge in [-0.1, -0.05) is 73.8 Å². The molecule has 0 unspecified atom stereocenters. The molecule has 5 fully saturated rings. The van der Waals surface area contributed by atoms with Crippen molar-refractivity contribution in [3.8, 4) is 0 Å². The highest BCUT2D eigenvalue weighted by molar-refractivity contribution is 9.10. The number of aromatic nitrogens is 12. The minimum absolute atomic E-state index is 0. The number of pyridine rings is 3. The van der Waals surface area contributed by atoms with Crippen LogP contribution >= 0.6 is 15.9 Å². The summed E-state index contributed by atoms with van der Waals surface area (Å²) in [5.41, 5.74) is 36.0. The molecule has 14 N–H and O–H groups in total. The number of hydrogen-bond acceptors (Lipinski definition) is 21. The molecule has 3 aliphatic carbocycles. The van der Waals surface area contributed by atoms with Gasteiger partial charge in [0, 0.05) is 58.5 Å². The number of ether oxygens (including phenoxy) is 4. The van der Waals surface area contributed by atoms with Crippen LogP contribution in [0.15, 0.2) is 164 Å². The number of nitrogens with two attached hydrogens (primary N) is 6. The molecule has 2 saturated heterocycles. The number of hydrogen-bond donors (Lipinski definition) is 8. The van der Waals surface area contributed by atoms with Gasteiger partial charge < -0.3 is 77.3 Å². The summed E-state index contributed by atoms with van der Waals surface area (Å²) >= 11 is 3.38. The van der Waals surface area contributed by atoms with E-state index in [1.54, 1.807) is 48.9 Å². The van der Waals surface area contributed by atoms with Crippen molar-refractivity contribution < 1.29 is 42.3 Å². The molecular formula is C74H84BrF3N18O6. The van der Waals surface area contributed by atoms with Gasteiger partial charge in [-0.2, -0.15) is 0 Å². The van der Waals surface area contributed by atoms with E-state index in [4.69, 9.17) is 53.3 Å². The minimum Gasteiger partial charge on any atom is -0.388 e. The first kappa shape index (κ1) is 72.1. The minimum atomic E-state index is -1.95. The van der Waals surface area contributed by atoms with E-state index < -0.39 is 71.2 Å². The zero-order valence-corrected chi connectivity index (χ0v) is 56.7. The van der Waals surface area contributed by atoms with Crippen molar-refractivity contribution >= 4 is 117 Å². The quantitative estimate of drug-likeness (QED) is 0.0590. The van der Waals surface area contributed by atoms with Gasteiger partial charge in [-0.25, -0.2) is 58.0 Å². The molecule has 3 saturated carbocycles. The monoisotopic (exact) mass is 1460 g/mol. The summed E-state index contributed by atoms with van der Waals surface area (Å²) in [4.78, 5) is 37.8. The molecule has 0 amide bonds. The lowest BCUT2D eigenvalue weighted by molar-refractivity contribution is -0.172. The van der Waals surface area contributed by atoms with Gasteiger partial charge in [-0.3, -0.25) is 0 Å². The highest BCUT2D eigenvalue weighted by atomic mass is 79.9. The third kappa shape index (κ3) is 13.7. The molecule has 0 bridgehead atoms. The van der Waals surface area contributed by atoms with Crippen LogP contribution in [0.25, 0.3) is 65.8 Å². The van der Waals surface area contributed by atoms with Crippen LogP contribution in [-0.2, 0) is 31.8 Å². The van der Waals surface area contributed by atoms with E-state index in [0.717, 1.165) is 59.1 Å². The lowest BCUT2D eigenvalue weighted by Crippen LogP contribution is -2.39. The predicted molar refractivity (Wildman–Crippen MR) is 394 cm³/mol. The lowest BCUT2D eigenvalue weighted by atomic mass is 9.92. The zero-order chi connectivity index (χ0) is 70.4. The average Bonchev–Trinajstić information content (AvgIpc) is 1.58. The molecule has 11 heterocycles. The Hall–Kier alpha value is -9.68. The number of fused-ring (bicyclic) bond motifs is 8. The van der Waals surface area contributed by atoms with Gasteiger partial charge in [0.2, 0.25) is 0 Å². The molecule has 12 aromatic rings. The standard InChI is InChI=1S/C25H27FN6O2.C22H23FN6O2.C16H19FN4O2.C9H7BrN2.2CH4/c1-24(2)33-20-18(32-10-8-16-22(28)29-13-30-23(16)32)12-25(26,21(20)34-24)9-7-14-3-4-15-5-6-19(27)31-17(15)11-14;23-22(7-5-12-1-2-13-3-4-17(24)28-15(13)9-12)10-16(18(30)19(22)31)29-8-6-14-20(25)26-11-27-21(14)29;1-4-16(17)7-10(11-12(16)23-15(2,3)22-11)21-6-5-9-13(18)19-8-20-14(9)21;10-7-3-1-6-2-4-9(11)12-8(6)5-7;;/h3-6,8,10-11,13,18,20-21H,7,9,12H2,1-2H3,(H2,27,31)(H2,28,29,30);1-4,6,8-9,11,16,18-19,30-31H,5,7,10H2,(H2,24,28)(H2,25,26,27);4-6,8,10-12H,1,7H2,2-3H3,(H2,18,19,20);1-5H,(H2,11,12);2*1H4/t18-,20+,21+,25-;16-,18+,19+,22-;10-,11+,12+,16-;;;/m111.../s1. The molecule has 0 spiro atoms. The van der Waals surface area contributed by atoms with Crippen LogP contribution in [-0.4, -0.2) is 134 Å². The molecule has 2 aliphatic heterocycles. The first-order valence-electron chi connectivity index (χ1n) is 32.8. The van der Waals surface area contributed by atoms with Gasteiger partial charge in [-0.05, 0) is 143 Å². The summed E-state index contributed by atoms with van der Waals surface area (Å²) in [5.74, 6) is 0.872. The molecular weight excluding hydrogens is 1370 g/mol. The van der Waals surface area contributed by atoms with E-state index in [-0.39, 0.29) is 52.6 Å². The van der Waals surface area contributed by atoms with Crippen LogP contribution in [0.3, 0.4) is 0 Å². The van der Waals surface area contributed by atoms with Crippen LogP contribution in [0.2, 0.25) is 0 Å². The summed E-state index contributed by atoms with van der Waals surface area (Å²) in [6.45, 7) is 10.9. The number of aliphatic hydroxyl groups excluding tert-OH is 2. The molecule has 17 rings (SSSR count). The highest BCUT2D eigenvalue weighted by Crippen LogP contribution is 2.55. The fourth-order valence-corrected chi connectivity index (χ4v) is 15.2. The third-order valence-corrected chi connectivity index (χ3v) is 20.3. The highest BCUT2D eigenvalue weighted by Gasteiger charge is 2.64. The normalized spacial score (nSPS) is 26.5. The van der Waals surface area contributed by atoms with Crippen molar-refractivity contribution in [1.29, 1.82) is 0 Å². The molecule has 12 atom stereocenters. The first-order chi connectivity index (χ1) is 47.7. The van der Waals surface area contributed by atoms with Gasteiger partial charge in [-0.15, -0.1) is 0 Å². The number of rotatable bonds is 10. The van der Waals surface area contributed by atoms with Crippen molar-refractivity contribution in [2.24, 2.45) is 0 Å². The average molecular weight is 1460 g/mol. The number of nitrogens with zero attached hydrogens (tertiary/aromatic N) is 12. The number of anilines is 6. The van der Waals surface area contributed by atoms with Crippen molar-refractivity contribution in [3.05, 3.63) is 175 Å². The Morgan fingerprint density at radius 2 is 0.882 bits per heavy atom. The van der Waals surface area contributed by atoms with Crippen molar-refractivity contribution in [2.75, 3.05) is 34.4 Å². The maximum atomic E-state index is 16.7. The Morgan fingerprint density at radius 1 is 0.500 bits per heavy atom. The molecule has 0 radical (unpaired) electrons. The van der Waals surface area contributed by atoms with Crippen LogP contribution in [0.1, 0.15) is 104 Å². The van der Waals surface area contributed by atoms with E-state index in [0.29, 0.717) is 76.5 Å². The summed E-state index contributed by atoms with van der Waals surface area (Å²) in [5, 5.41) is 26.4. The van der Waals surface area contributed by atoms with Crippen molar-refractivity contribution in [3.63, 3.8) is 0 Å². The largest absolute Gasteiger partial charge is 0.388 e. The molecule has 5 aliphatic rings. The van der Waals surface area contributed by atoms with Crippen LogP contribution in [0.4, 0.5) is 48.1 Å². The molecule has 24 nitrogen and oxygen atoms in total. The summed E-state index contributed by atoms with van der Waals surface area (Å²) in [6.07, 6.45) is 7.65. The van der Waals surface area contributed by atoms with Crippen LogP contribution < -0.4 is 34.4 Å². The molecule has 28 heteroatoms. The molecule has 534 valence electrons. The second-order valence-corrected chi connectivity index (χ2v) is 28.2. The molecule has 3 aromatic carbocycles. The smallest absolute Gasteiger partial charge is 0.164 e. The van der Waals surface area contributed by atoms with Gasteiger partial charge in [0.1, 0.15) is 119 Å². The second-order valence-electron chi connectivity index (χ2n) is 27.2. The van der Waals surface area contributed by atoms with E-state index in [1.165, 1.54) is 25.1 Å². The second kappa shape index (κ2) is 27.6. The predicted octanol–water partition coefficient (Wildman–Crippen LogP) is 12.3. The fraction of sp³-hybridized carbons (Fsp3) is 0.365. The molecule has 102 heavy (non-hydrogen) atoms. The Balaban J connectivity index is 0.000000134. The maximum absolute atomic E-state index is 16.7. The van der Waals surface area contributed by atoms with E-state index in [2.05, 4.69) is 67.4 Å². The maximum Gasteiger partial charge on any atom is 0.164 e. The summed E-state index contributed by atoms with van der Waals surface area (Å²) < 4.78 is 78.5. The molecule has 9 aromatic heterocycles. The number of halogens is 4. The number of benzene rings is 3. The number of aryl methyl sites for hydroxylation is 2. The summed E-state index contributed by atoms with van der Waals surface area (Å²) in [6, 6.07) is 33.0. The van der Waals surface area contributed by atoms with Gasteiger partial charge >= 0.3 is 0 Å². The van der Waals surface area contributed by atoms with Crippen molar-refractivity contribution in [2.45, 2.75) is 171 Å². The number of nitrogen functional groups attached to an aromatic ring is 6. The Labute approximate surface area is 594 Å². The van der Waals surface area contributed by atoms with Gasteiger partial charge in [0.25, 0.3) is 0 Å². The summed E-state index contributed by atoms with van der Waals surface area (Å²) in [7, 11) is 0. The van der Waals surface area contributed by atoms with E-state index in [1.807, 2.05) is 120 Å². The Kier molecular flexibility index (Phi) is 19.5. The Morgan fingerprint density at radius 3 is 1.34 bits per heavy atom. The lowest BCUT2D eigenvalue weighted by Gasteiger charge is -2.28. The zero-order valence-electron chi connectivity index (χ0n) is 55.2. The van der Waals surface area contributed by atoms with Crippen LogP contribution in [0, 0.1) is 0 Å². The first-order valence-corrected chi connectivity index (χ1v) is 33.6. The number of aliphatic hydroxyl groups is 2. The van der Waals surface area contributed by atoms with Crippen LogP contribution in [0.5, 0.6) is 0 Å². The van der Waals surface area contributed by atoms with Gasteiger partial charge in [0.15, 0.2) is 17.2 Å². The van der Waals surface area contributed by atoms with Crippen molar-refractivity contribution in [1.82, 2.24) is 58.6 Å². The SMILES string of the molecule is C.C.C=C[C@@]1(F)C[C@@H](n2ccc3c(N)ncnc32)[C@@H]2OC(C)(C)O[C@@H]21.CC1(C)O[C@H]2[C@H](n3ccc4c(N)ncnc43)C[C@](F)(CCc3ccc4ccc(N)nc4c3)[C@H]2O1.Nc1ccc2ccc(Br)cc2n1.Nc1ccc2ccc(CC[C@@]3(F)C[C@@H](n4ccc5c(N)ncnc54)[C@H](O)[C@@H]3O)cc2n1. The van der Waals surface area contributed by atoms with Gasteiger partial charge in [0.05, 0.1) is 50.8 Å². The van der Waals surface area contributed by atoms with E-state index in [9.17, 15) is 10.2 Å². The topological polar surface area (TPSA) is 364 Å². The Bertz CT molecular complexity index is 5070. The third-order valence-electron chi connectivity index (χ3n) is 19.8. The fourth-order valence-electron chi connectivity index (χ4n) is 14.9.